The van der Waals surface area contributed by atoms with Crippen LogP contribution in [0, 0.1) is 0 Å². The number of nitrogens with zero attached hydrogens (tertiary/aromatic N) is 4. The molecule has 0 radical (unpaired) electrons. The van der Waals surface area contributed by atoms with Gasteiger partial charge in [-0.3, -0.25) is 9.89 Å². The van der Waals surface area contributed by atoms with Crippen LogP contribution < -0.4 is 14.8 Å². The number of ether oxygens (including phenoxy) is 2. The third-order valence-electron chi connectivity index (χ3n) is 4.89. The third kappa shape index (κ3) is 4.33. The summed E-state index contributed by atoms with van der Waals surface area (Å²) in [4.78, 5) is 9.13. The van der Waals surface area contributed by atoms with Gasteiger partial charge in [0.05, 0.1) is 5.69 Å². The van der Waals surface area contributed by atoms with Crippen LogP contribution in [0.1, 0.15) is 11.3 Å². The molecule has 0 atom stereocenters. The molecule has 0 bridgehead atoms. The van der Waals surface area contributed by atoms with E-state index >= 15 is 0 Å². The highest BCUT2D eigenvalue weighted by Gasteiger charge is 2.20. The van der Waals surface area contributed by atoms with Gasteiger partial charge in [0.1, 0.15) is 6.26 Å². The standard InChI is InChI=1S/C19H25N5O3/c1-20-19(21-6-4-15-2-3-17-18(12-15)26-14-25-17)24-9-7-23(8-10-24)13-16-5-11-27-22-16/h2-3,5,11-12H,4,6-10,13-14H2,1H3,(H,20,21). The van der Waals surface area contributed by atoms with Gasteiger partial charge in [0.15, 0.2) is 17.5 Å². The van der Waals surface area contributed by atoms with E-state index in [4.69, 9.17) is 14.0 Å². The molecule has 3 heterocycles. The lowest BCUT2D eigenvalue weighted by Crippen LogP contribution is -2.52. The number of aromatic nitrogens is 1. The topological polar surface area (TPSA) is 75.4 Å². The van der Waals surface area contributed by atoms with Gasteiger partial charge < -0.3 is 24.2 Å². The van der Waals surface area contributed by atoms with Gasteiger partial charge in [0.2, 0.25) is 6.79 Å². The zero-order valence-corrected chi connectivity index (χ0v) is 15.6. The highest BCUT2D eigenvalue weighted by molar-refractivity contribution is 5.80. The van der Waals surface area contributed by atoms with E-state index < -0.39 is 0 Å². The number of fused-ring (bicyclic) bond motifs is 1. The van der Waals surface area contributed by atoms with E-state index in [0.29, 0.717) is 6.79 Å². The van der Waals surface area contributed by atoms with Crippen molar-refractivity contribution in [2.24, 2.45) is 4.99 Å². The molecule has 8 nitrogen and oxygen atoms in total. The average molecular weight is 371 g/mol. The minimum absolute atomic E-state index is 0.312. The van der Waals surface area contributed by atoms with Crippen molar-refractivity contribution in [1.29, 1.82) is 0 Å². The number of piperazine rings is 1. The molecule has 1 saturated heterocycles. The van der Waals surface area contributed by atoms with Crippen molar-refractivity contribution in [2.75, 3.05) is 46.6 Å². The first-order valence-electron chi connectivity index (χ1n) is 9.27. The lowest BCUT2D eigenvalue weighted by atomic mass is 10.1. The Kier molecular flexibility index (Phi) is 5.43. The Morgan fingerprint density at radius 3 is 2.78 bits per heavy atom. The lowest BCUT2D eigenvalue weighted by molar-refractivity contribution is 0.169. The molecule has 0 unspecified atom stereocenters. The molecule has 0 saturated carbocycles. The van der Waals surface area contributed by atoms with Crippen LogP contribution >= 0.6 is 0 Å². The predicted octanol–water partition coefficient (Wildman–Crippen LogP) is 1.34. The number of hydrogen-bond donors (Lipinski definition) is 1. The maximum Gasteiger partial charge on any atom is 0.231 e. The van der Waals surface area contributed by atoms with Crippen LogP contribution in [0.25, 0.3) is 0 Å². The predicted molar refractivity (Wildman–Crippen MR) is 101 cm³/mol. The summed E-state index contributed by atoms with van der Waals surface area (Å²) in [6, 6.07) is 8.03. The van der Waals surface area contributed by atoms with Crippen molar-refractivity contribution in [2.45, 2.75) is 13.0 Å². The molecule has 144 valence electrons. The lowest BCUT2D eigenvalue weighted by Gasteiger charge is -2.36. The van der Waals surface area contributed by atoms with Gasteiger partial charge in [0, 0.05) is 52.4 Å². The summed E-state index contributed by atoms with van der Waals surface area (Å²) in [5, 5.41) is 7.46. The van der Waals surface area contributed by atoms with Crippen LogP contribution in [-0.4, -0.2) is 67.5 Å². The van der Waals surface area contributed by atoms with E-state index in [1.807, 2.05) is 19.2 Å². The molecule has 4 rings (SSSR count). The molecule has 1 N–H and O–H groups in total. The van der Waals surface area contributed by atoms with Gasteiger partial charge in [0.25, 0.3) is 0 Å². The van der Waals surface area contributed by atoms with Gasteiger partial charge >= 0.3 is 0 Å². The van der Waals surface area contributed by atoms with Gasteiger partial charge in [-0.2, -0.15) is 0 Å². The summed E-state index contributed by atoms with van der Waals surface area (Å²) in [6.45, 7) is 5.83. The number of aliphatic imine (C=N–C) groups is 1. The summed E-state index contributed by atoms with van der Waals surface area (Å²) in [5.41, 5.74) is 2.20. The molecule has 0 aliphatic carbocycles. The van der Waals surface area contributed by atoms with Crippen LogP contribution in [0.3, 0.4) is 0 Å². The van der Waals surface area contributed by atoms with Crippen molar-refractivity contribution >= 4 is 5.96 Å². The smallest absolute Gasteiger partial charge is 0.231 e. The van der Waals surface area contributed by atoms with Gasteiger partial charge in [-0.05, 0) is 24.1 Å². The molecule has 8 heteroatoms. The number of benzene rings is 1. The molecular weight excluding hydrogens is 346 g/mol. The van der Waals surface area contributed by atoms with Gasteiger partial charge in [-0.1, -0.05) is 11.2 Å². The minimum atomic E-state index is 0.312. The quantitative estimate of drug-likeness (QED) is 0.628. The Morgan fingerprint density at radius 2 is 2.00 bits per heavy atom. The Hall–Kier alpha value is -2.74. The van der Waals surface area contributed by atoms with Crippen LogP contribution in [0.5, 0.6) is 11.5 Å². The fourth-order valence-electron chi connectivity index (χ4n) is 3.41. The Balaban J connectivity index is 1.23. The number of hydrogen-bond acceptors (Lipinski definition) is 6. The van der Waals surface area contributed by atoms with E-state index in [2.05, 4.69) is 37.4 Å². The first kappa shape index (κ1) is 17.7. The number of nitrogens with one attached hydrogen (secondary N) is 1. The van der Waals surface area contributed by atoms with Crippen molar-refractivity contribution in [3.05, 3.63) is 41.8 Å². The summed E-state index contributed by atoms with van der Waals surface area (Å²) in [5.74, 6) is 2.61. The summed E-state index contributed by atoms with van der Waals surface area (Å²) < 4.78 is 15.7. The molecule has 27 heavy (non-hydrogen) atoms. The monoisotopic (exact) mass is 371 g/mol. The molecule has 1 aromatic carbocycles. The minimum Gasteiger partial charge on any atom is -0.454 e. The molecule has 2 aliphatic rings. The van der Waals surface area contributed by atoms with Crippen LogP contribution in [0.15, 0.2) is 40.0 Å². The first-order valence-corrected chi connectivity index (χ1v) is 9.27. The zero-order valence-electron chi connectivity index (χ0n) is 15.6. The molecule has 1 aromatic heterocycles. The molecule has 1 fully saturated rings. The van der Waals surface area contributed by atoms with E-state index in [-0.39, 0.29) is 0 Å². The van der Waals surface area contributed by atoms with Crippen molar-refractivity contribution < 1.29 is 14.0 Å². The summed E-state index contributed by atoms with van der Waals surface area (Å²) in [7, 11) is 1.84. The van der Waals surface area contributed by atoms with E-state index in [0.717, 1.165) is 68.8 Å². The van der Waals surface area contributed by atoms with Crippen LogP contribution in [-0.2, 0) is 13.0 Å². The Bertz CT molecular complexity index is 770. The SMILES string of the molecule is CN=C(NCCc1ccc2c(c1)OCO2)N1CCN(Cc2ccon2)CC1. The molecule has 2 aromatic rings. The van der Waals surface area contributed by atoms with Crippen LogP contribution in [0.2, 0.25) is 0 Å². The fraction of sp³-hybridized carbons (Fsp3) is 0.474. The second kappa shape index (κ2) is 8.30. The van der Waals surface area contributed by atoms with E-state index in [9.17, 15) is 0 Å². The van der Waals surface area contributed by atoms with Crippen molar-refractivity contribution in [1.82, 2.24) is 20.3 Å². The highest BCUT2D eigenvalue weighted by Crippen LogP contribution is 2.32. The summed E-state index contributed by atoms with van der Waals surface area (Å²) in [6.07, 6.45) is 2.53. The first-order chi connectivity index (χ1) is 13.3. The second-order valence-corrected chi connectivity index (χ2v) is 6.67. The maximum atomic E-state index is 5.44. The van der Waals surface area contributed by atoms with Gasteiger partial charge in [-0.15, -0.1) is 0 Å². The van der Waals surface area contributed by atoms with E-state index in [1.54, 1.807) is 6.26 Å². The van der Waals surface area contributed by atoms with Crippen LogP contribution in [0.4, 0.5) is 0 Å². The second-order valence-electron chi connectivity index (χ2n) is 6.67. The Labute approximate surface area is 158 Å². The maximum absolute atomic E-state index is 5.44. The largest absolute Gasteiger partial charge is 0.454 e. The average Bonchev–Trinajstić information content (AvgIpc) is 3.37. The number of rotatable bonds is 5. The van der Waals surface area contributed by atoms with Gasteiger partial charge in [-0.25, -0.2) is 0 Å². The molecule has 2 aliphatic heterocycles. The number of guanidine groups is 1. The zero-order chi connectivity index (χ0) is 18.5. The van der Waals surface area contributed by atoms with Crippen molar-refractivity contribution in [3.63, 3.8) is 0 Å². The molecule has 0 amide bonds. The van der Waals surface area contributed by atoms with Crippen molar-refractivity contribution in [3.8, 4) is 11.5 Å². The third-order valence-corrected chi connectivity index (χ3v) is 4.89. The molecular formula is C19H25N5O3. The Morgan fingerprint density at radius 1 is 1.15 bits per heavy atom. The molecule has 0 spiro atoms. The van der Waals surface area contributed by atoms with E-state index in [1.165, 1.54) is 5.56 Å². The summed E-state index contributed by atoms with van der Waals surface area (Å²) >= 11 is 0. The highest BCUT2D eigenvalue weighted by atomic mass is 16.7. The normalized spacial score (nSPS) is 17.4. The fourth-order valence-corrected chi connectivity index (χ4v) is 3.41.